The van der Waals surface area contributed by atoms with Crippen LogP contribution in [0.25, 0.3) is 11.4 Å². The zero-order chi connectivity index (χ0) is 20.8. The molecule has 29 heavy (non-hydrogen) atoms. The summed E-state index contributed by atoms with van der Waals surface area (Å²) in [4.78, 5) is 19.2. The van der Waals surface area contributed by atoms with E-state index >= 15 is 0 Å². The molecular formula is C22H31N3O4. The Bertz CT molecular complexity index is 812. The maximum atomic E-state index is 12.9. The van der Waals surface area contributed by atoms with Crippen molar-refractivity contribution in [2.75, 3.05) is 14.2 Å². The van der Waals surface area contributed by atoms with Gasteiger partial charge in [0.1, 0.15) is 6.54 Å². The summed E-state index contributed by atoms with van der Waals surface area (Å²) >= 11 is 0. The second-order valence-corrected chi connectivity index (χ2v) is 7.91. The van der Waals surface area contributed by atoms with E-state index in [1.54, 1.807) is 20.3 Å². The van der Waals surface area contributed by atoms with Gasteiger partial charge in [-0.05, 0) is 50.8 Å². The molecule has 1 fully saturated rings. The first kappa shape index (κ1) is 21.1. The first-order valence-corrected chi connectivity index (χ1v) is 10.4. The van der Waals surface area contributed by atoms with Crippen LogP contribution in [0.1, 0.15) is 58.3 Å². The minimum Gasteiger partial charge on any atom is -0.493 e. The molecule has 0 unspecified atom stereocenters. The summed E-state index contributed by atoms with van der Waals surface area (Å²) in [5.74, 6) is 2.80. The second-order valence-electron chi connectivity index (χ2n) is 7.91. The molecule has 7 nitrogen and oxygen atoms in total. The first-order valence-electron chi connectivity index (χ1n) is 10.4. The van der Waals surface area contributed by atoms with Crippen LogP contribution in [0.3, 0.4) is 0 Å². The van der Waals surface area contributed by atoms with E-state index < -0.39 is 0 Å². The molecule has 0 N–H and O–H groups in total. The molecule has 7 heteroatoms. The van der Waals surface area contributed by atoms with E-state index in [4.69, 9.17) is 14.0 Å². The van der Waals surface area contributed by atoms with Gasteiger partial charge < -0.3 is 18.9 Å². The number of ether oxygens (including phenoxy) is 2. The van der Waals surface area contributed by atoms with Gasteiger partial charge in [0.2, 0.25) is 17.6 Å². The molecule has 1 aliphatic carbocycles. The minimum absolute atomic E-state index is 0.0718. The fourth-order valence-corrected chi connectivity index (χ4v) is 3.87. The molecule has 158 valence electrons. The van der Waals surface area contributed by atoms with E-state index in [1.165, 1.54) is 19.3 Å². The molecule has 1 aliphatic rings. The number of aromatic nitrogens is 2. The van der Waals surface area contributed by atoms with E-state index in [0.717, 1.165) is 18.4 Å². The highest BCUT2D eigenvalue weighted by molar-refractivity contribution is 5.76. The lowest BCUT2D eigenvalue weighted by Gasteiger charge is -2.28. The van der Waals surface area contributed by atoms with E-state index in [0.29, 0.717) is 42.1 Å². The molecule has 0 atom stereocenters. The Labute approximate surface area is 172 Å². The number of hydrogen-bond donors (Lipinski definition) is 0. The Balaban J connectivity index is 1.70. The van der Waals surface area contributed by atoms with Crippen molar-refractivity contribution >= 4 is 5.91 Å². The fraction of sp³-hybridized carbons (Fsp3) is 0.591. The van der Waals surface area contributed by atoms with Crippen LogP contribution >= 0.6 is 0 Å². The standard InChI is InChI=1S/C22H31N3O4/c1-15(2)25(21(26)12-16-8-6-5-7-9-16)14-20-23-22(24-29-20)17-10-11-18(27-3)19(13-17)28-4/h10-11,13,15-16H,5-9,12,14H2,1-4H3. The van der Waals surface area contributed by atoms with Gasteiger partial charge in [-0.2, -0.15) is 4.98 Å². The summed E-state index contributed by atoms with van der Waals surface area (Å²) in [5, 5.41) is 4.08. The normalized spacial score (nSPS) is 14.8. The van der Waals surface area contributed by atoms with Crippen molar-refractivity contribution in [2.24, 2.45) is 5.92 Å². The highest BCUT2D eigenvalue weighted by Gasteiger charge is 2.25. The predicted molar refractivity (Wildman–Crippen MR) is 110 cm³/mol. The Morgan fingerprint density at radius 2 is 1.90 bits per heavy atom. The van der Waals surface area contributed by atoms with Crippen LogP contribution in [0.5, 0.6) is 11.5 Å². The van der Waals surface area contributed by atoms with Crippen LogP contribution in [0.15, 0.2) is 22.7 Å². The topological polar surface area (TPSA) is 77.7 Å². The molecule has 0 spiro atoms. The van der Waals surface area contributed by atoms with Crippen molar-refractivity contribution in [1.29, 1.82) is 0 Å². The van der Waals surface area contributed by atoms with Crippen molar-refractivity contribution in [3.63, 3.8) is 0 Å². The zero-order valence-electron chi connectivity index (χ0n) is 17.8. The molecule has 2 aromatic rings. The van der Waals surface area contributed by atoms with Gasteiger partial charge in [0.25, 0.3) is 0 Å². The van der Waals surface area contributed by atoms with Crippen molar-refractivity contribution in [1.82, 2.24) is 15.0 Å². The molecule has 1 aromatic heterocycles. The minimum atomic E-state index is 0.0718. The molecule has 0 radical (unpaired) electrons. The Morgan fingerprint density at radius 1 is 1.17 bits per heavy atom. The average Bonchev–Trinajstić information content (AvgIpc) is 3.20. The van der Waals surface area contributed by atoms with Gasteiger partial charge in [-0.3, -0.25) is 4.79 Å². The van der Waals surface area contributed by atoms with Crippen LogP contribution in [0.2, 0.25) is 0 Å². The van der Waals surface area contributed by atoms with Gasteiger partial charge in [0.05, 0.1) is 14.2 Å². The van der Waals surface area contributed by atoms with Gasteiger partial charge in [0, 0.05) is 18.0 Å². The fourth-order valence-electron chi connectivity index (χ4n) is 3.87. The number of nitrogens with zero attached hydrogens (tertiary/aromatic N) is 3. The molecular weight excluding hydrogens is 370 g/mol. The Kier molecular flexibility index (Phi) is 7.12. The first-order chi connectivity index (χ1) is 14.0. The number of carbonyl (C=O) groups excluding carboxylic acids is 1. The molecule has 3 rings (SSSR count). The summed E-state index contributed by atoms with van der Waals surface area (Å²) < 4.78 is 16.1. The van der Waals surface area contributed by atoms with Crippen molar-refractivity contribution in [3.8, 4) is 22.9 Å². The second kappa shape index (κ2) is 9.76. The van der Waals surface area contributed by atoms with Crippen molar-refractivity contribution in [2.45, 2.75) is 65.0 Å². The van der Waals surface area contributed by atoms with Crippen molar-refractivity contribution < 1.29 is 18.8 Å². The number of carbonyl (C=O) groups is 1. The average molecular weight is 402 g/mol. The third kappa shape index (κ3) is 5.28. The molecule has 1 heterocycles. The summed E-state index contributed by atoms with van der Waals surface area (Å²) in [6.07, 6.45) is 6.67. The number of hydrogen-bond acceptors (Lipinski definition) is 6. The Hall–Kier alpha value is -2.57. The van der Waals surface area contributed by atoms with Gasteiger partial charge >= 0.3 is 0 Å². The number of amides is 1. The SMILES string of the molecule is COc1ccc(-c2noc(CN(C(=O)CC3CCCCC3)C(C)C)n2)cc1OC. The molecule has 1 aromatic carbocycles. The van der Waals surface area contributed by atoms with E-state index in [1.807, 2.05) is 30.9 Å². The van der Waals surface area contributed by atoms with Gasteiger partial charge in [-0.15, -0.1) is 0 Å². The lowest BCUT2D eigenvalue weighted by molar-refractivity contribution is -0.135. The van der Waals surface area contributed by atoms with Gasteiger partial charge in [0.15, 0.2) is 11.5 Å². The molecule has 0 bridgehead atoms. The Morgan fingerprint density at radius 3 is 2.55 bits per heavy atom. The molecule has 0 aliphatic heterocycles. The van der Waals surface area contributed by atoms with E-state index in [9.17, 15) is 4.79 Å². The number of rotatable bonds is 8. The maximum Gasteiger partial charge on any atom is 0.246 e. The largest absolute Gasteiger partial charge is 0.493 e. The number of methoxy groups -OCH3 is 2. The molecule has 1 saturated carbocycles. The van der Waals surface area contributed by atoms with Crippen LogP contribution < -0.4 is 9.47 Å². The van der Waals surface area contributed by atoms with E-state index in [-0.39, 0.29) is 11.9 Å². The van der Waals surface area contributed by atoms with Crippen molar-refractivity contribution in [3.05, 3.63) is 24.1 Å². The zero-order valence-corrected chi connectivity index (χ0v) is 17.8. The summed E-state index contributed by atoms with van der Waals surface area (Å²) in [7, 11) is 3.18. The molecule has 1 amide bonds. The third-order valence-corrected chi connectivity index (χ3v) is 5.55. The summed E-state index contributed by atoms with van der Waals surface area (Å²) in [6.45, 7) is 4.36. The smallest absolute Gasteiger partial charge is 0.246 e. The van der Waals surface area contributed by atoms with Gasteiger partial charge in [-0.25, -0.2) is 0 Å². The van der Waals surface area contributed by atoms with Crippen LogP contribution in [0, 0.1) is 5.92 Å². The highest BCUT2D eigenvalue weighted by atomic mass is 16.5. The van der Waals surface area contributed by atoms with Crippen LogP contribution in [-0.2, 0) is 11.3 Å². The summed E-state index contributed by atoms with van der Waals surface area (Å²) in [5.41, 5.74) is 0.766. The van der Waals surface area contributed by atoms with Gasteiger partial charge in [-0.1, -0.05) is 24.4 Å². The lowest BCUT2D eigenvalue weighted by Crippen LogP contribution is -2.37. The maximum absolute atomic E-state index is 12.9. The quantitative estimate of drug-likeness (QED) is 0.650. The summed E-state index contributed by atoms with van der Waals surface area (Å²) in [6, 6.07) is 5.53. The van der Waals surface area contributed by atoms with Crippen LogP contribution in [0.4, 0.5) is 0 Å². The third-order valence-electron chi connectivity index (χ3n) is 5.55. The monoisotopic (exact) mass is 401 g/mol. The molecule has 0 saturated heterocycles. The predicted octanol–water partition coefficient (Wildman–Crippen LogP) is 4.46. The number of benzene rings is 1. The highest BCUT2D eigenvalue weighted by Crippen LogP contribution is 2.31. The lowest BCUT2D eigenvalue weighted by atomic mass is 9.86. The van der Waals surface area contributed by atoms with E-state index in [2.05, 4.69) is 10.1 Å². The van der Waals surface area contributed by atoms with Crippen LogP contribution in [-0.4, -0.2) is 41.2 Å².